The van der Waals surface area contributed by atoms with Gasteiger partial charge in [-0.05, 0) is 31.0 Å². The Bertz CT molecular complexity index is 762. The molecular formula is C17H20N2O3S. The van der Waals surface area contributed by atoms with Gasteiger partial charge >= 0.3 is 0 Å². The van der Waals surface area contributed by atoms with Gasteiger partial charge in [-0.2, -0.15) is 4.31 Å². The number of nitrogens with zero attached hydrogens (tertiary/aromatic N) is 2. The van der Waals surface area contributed by atoms with Crippen molar-refractivity contribution in [3.63, 3.8) is 0 Å². The van der Waals surface area contributed by atoms with Crippen LogP contribution in [0.3, 0.4) is 0 Å². The summed E-state index contributed by atoms with van der Waals surface area (Å²) in [6.07, 6.45) is 3.90. The van der Waals surface area contributed by atoms with Gasteiger partial charge in [-0.3, -0.25) is 4.98 Å². The molecule has 23 heavy (non-hydrogen) atoms. The Hall–Kier alpha value is -1.92. The lowest BCUT2D eigenvalue weighted by molar-refractivity contribution is 0.214. The quantitative estimate of drug-likeness (QED) is 0.843. The fraction of sp³-hybridized carbons (Fsp3) is 0.353. The fourth-order valence-corrected chi connectivity index (χ4v) is 4.32. The SMILES string of the molecule is Cc1cccc(CS(=O)(=O)N2CC[C@@H](Oc3cccnc3)C2)c1. The molecule has 2 aromatic rings. The van der Waals surface area contributed by atoms with Crippen molar-refractivity contribution < 1.29 is 13.2 Å². The first-order chi connectivity index (χ1) is 11.0. The molecule has 0 aliphatic carbocycles. The molecule has 0 spiro atoms. The second-order valence-corrected chi connectivity index (χ2v) is 7.79. The van der Waals surface area contributed by atoms with Crippen LogP contribution in [-0.4, -0.2) is 36.9 Å². The average Bonchev–Trinajstić information content (AvgIpc) is 2.97. The molecule has 122 valence electrons. The molecule has 1 fully saturated rings. The number of aromatic nitrogens is 1. The zero-order valence-electron chi connectivity index (χ0n) is 13.1. The van der Waals surface area contributed by atoms with Gasteiger partial charge in [0.1, 0.15) is 11.9 Å². The minimum absolute atomic E-state index is 0.0360. The second kappa shape index (κ2) is 6.68. The summed E-state index contributed by atoms with van der Waals surface area (Å²) < 4.78 is 32.5. The van der Waals surface area contributed by atoms with Gasteiger partial charge in [-0.15, -0.1) is 0 Å². The maximum absolute atomic E-state index is 12.6. The Morgan fingerprint density at radius 3 is 2.91 bits per heavy atom. The molecule has 0 N–H and O–H groups in total. The van der Waals surface area contributed by atoms with Crippen LogP contribution in [0.4, 0.5) is 0 Å². The zero-order valence-corrected chi connectivity index (χ0v) is 13.9. The first-order valence-corrected chi connectivity index (χ1v) is 9.24. The number of pyridine rings is 1. The molecule has 2 heterocycles. The van der Waals surface area contributed by atoms with Crippen molar-refractivity contribution in [1.29, 1.82) is 0 Å². The lowest BCUT2D eigenvalue weighted by Gasteiger charge is -2.17. The maximum atomic E-state index is 12.6. The highest BCUT2D eigenvalue weighted by Crippen LogP contribution is 2.21. The molecule has 0 amide bonds. The third kappa shape index (κ3) is 4.09. The summed E-state index contributed by atoms with van der Waals surface area (Å²) in [5.41, 5.74) is 1.89. The highest BCUT2D eigenvalue weighted by Gasteiger charge is 2.32. The summed E-state index contributed by atoms with van der Waals surface area (Å²) in [6, 6.07) is 11.2. The van der Waals surface area contributed by atoms with E-state index in [2.05, 4.69) is 4.98 Å². The van der Waals surface area contributed by atoms with Crippen LogP contribution >= 0.6 is 0 Å². The van der Waals surface area contributed by atoms with Gasteiger partial charge < -0.3 is 4.74 Å². The van der Waals surface area contributed by atoms with Crippen molar-refractivity contribution >= 4 is 10.0 Å². The van der Waals surface area contributed by atoms with Gasteiger partial charge in [0.2, 0.25) is 10.0 Å². The first-order valence-electron chi connectivity index (χ1n) is 7.63. The molecule has 1 atom stereocenters. The molecule has 0 bridgehead atoms. The Morgan fingerprint density at radius 1 is 1.30 bits per heavy atom. The van der Waals surface area contributed by atoms with E-state index in [0.29, 0.717) is 25.3 Å². The Morgan fingerprint density at radius 2 is 2.17 bits per heavy atom. The summed E-state index contributed by atoms with van der Waals surface area (Å²) in [5, 5.41) is 0. The lowest BCUT2D eigenvalue weighted by atomic mass is 10.2. The van der Waals surface area contributed by atoms with E-state index in [0.717, 1.165) is 11.1 Å². The number of sulfonamides is 1. The second-order valence-electron chi connectivity index (χ2n) is 5.82. The number of ether oxygens (including phenoxy) is 1. The van der Waals surface area contributed by atoms with Crippen LogP contribution in [0.15, 0.2) is 48.8 Å². The largest absolute Gasteiger partial charge is 0.487 e. The summed E-state index contributed by atoms with van der Waals surface area (Å²) in [7, 11) is -3.32. The Labute approximate surface area is 137 Å². The van der Waals surface area contributed by atoms with Gasteiger partial charge in [0, 0.05) is 12.7 Å². The van der Waals surface area contributed by atoms with Gasteiger partial charge in [-0.1, -0.05) is 29.8 Å². The molecule has 0 unspecified atom stereocenters. The lowest BCUT2D eigenvalue weighted by Crippen LogP contribution is -2.32. The predicted octanol–water partition coefficient (Wildman–Crippen LogP) is 2.37. The monoisotopic (exact) mass is 332 g/mol. The standard InChI is InChI=1S/C17H20N2O3S/c1-14-4-2-5-15(10-14)13-23(20,21)19-9-7-17(12-19)22-16-6-3-8-18-11-16/h2-6,8,10-11,17H,7,9,12-13H2,1H3/t17-/m1/s1. The number of aryl methyl sites for hydroxylation is 1. The third-order valence-electron chi connectivity index (χ3n) is 3.87. The number of hydrogen-bond acceptors (Lipinski definition) is 4. The fourth-order valence-electron chi connectivity index (χ4n) is 2.76. The van der Waals surface area contributed by atoms with Crippen LogP contribution in [0, 0.1) is 6.92 Å². The highest BCUT2D eigenvalue weighted by atomic mass is 32.2. The van der Waals surface area contributed by atoms with E-state index in [1.165, 1.54) is 4.31 Å². The minimum atomic E-state index is -3.32. The summed E-state index contributed by atoms with van der Waals surface area (Å²) in [6.45, 7) is 2.85. The van der Waals surface area contributed by atoms with E-state index >= 15 is 0 Å². The van der Waals surface area contributed by atoms with Crippen molar-refractivity contribution in [3.8, 4) is 5.75 Å². The van der Waals surface area contributed by atoms with E-state index in [1.807, 2.05) is 37.3 Å². The van der Waals surface area contributed by atoms with Crippen molar-refractivity contribution in [3.05, 3.63) is 59.9 Å². The van der Waals surface area contributed by atoms with E-state index in [4.69, 9.17) is 4.74 Å². The highest BCUT2D eigenvalue weighted by molar-refractivity contribution is 7.88. The van der Waals surface area contributed by atoms with E-state index in [-0.39, 0.29) is 11.9 Å². The first kappa shape index (κ1) is 16.0. The van der Waals surface area contributed by atoms with E-state index in [9.17, 15) is 8.42 Å². The number of hydrogen-bond donors (Lipinski definition) is 0. The topological polar surface area (TPSA) is 59.5 Å². The van der Waals surface area contributed by atoms with Gasteiger partial charge in [0.25, 0.3) is 0 Å². The maximum Gasteiger partial charge on any atom is 0.218 e. The summed E-state index contributed by atoms with van der Waals surface area (Å²) >= 11 is 0. The molecule has 1 aliphatic rings. The van der Waals surface area contributed by atoms with Crippen molar-refractivity contribution in [2.75, 3.05) is 13.1 Å². The molecule has 1 aromatic carbocycles. The van der Waals surface area contributed by atoms with Gasteiger partial charge in [0.05, 0.1) is 18.5 Å². The zero-order chi connectivity index (χ0) is 16.3. The van der Waals surface area contributed by atoms with Crippen molar-refractivity contribution in [2.45, 2.75) is 25.2 Å². The molecule has 5 nitrogen and oxygen atoms in total. The van der Waals surface area contributed by atoms with Crippen LogP contribution in [0.1, 0.15) is 17.5 Å². The predicted molar refractivity (Wildman–Crippen MR) is 88.6 cm³/mol. The Kier molecular flexibility index (Phi) is 4.63. The smallest absolute Gasteiger partial charge is 0.218 e. The number of rotatable bonds is 5. The molecule has 6 heteroatoms. The third-order valence-corrected chi connectivity index (χ3v) is 5.69. The molecule has 1 aliphatic heterocycles. The molecule has 3 rings (SSSR count). The van der Waals surface area contributed by atoms with Crippen LogP contribution in [-0.2, 0) is 15.8 Å². The van der Waals surface area contributed by atoms with E-state index < -0.39 is 10.0 Å². The molecule has 1 saturated heterocycles. The van der Waals surface area contributed by atoms with E-state index in [1.54, 1.807) is 18.5 Å². The molecule has 1 aromatic heterocycles. The summed E-state index contributed by atoms with van der Waals surface area (Å²) in [4.78, 5) is 4.00. The van der Waals surface area contributed by atoms with Gasteiger partial charge in [0.15, 0.2) is 0 Å². The van der Waals surface area contributed by atoms with Crippen LogP contribution in [0.25, 0.3) is 0 Å². The van der Waals surface area contributed by atoms with Gasteiger partial charge in [-0.25, -0.2) is 8.42 Å². The normalized spacial score (nSPS) is 18.9. The summed E-state index contributed by atoms with van der Waals surface area (Å²) in [5.74, 6) is 0.712. The van der Waals surface area contributed by atoms with Crippen molar-refractivity contribution in [2.24, 2.45) is 0 Å². The van der Waals surface area contributed by atoms with Crippen LogP contribution < -0.4 is 4.74 Å². The van der Waals surface area contributed by atoms with Crippen LogP contribution in [0.2, 0.25) is 0 Å². The van der Waals surface area contributed by atoms with Crippen LogP contribution in [0.5, 0.6) is 5.75 Å². The van der Waals surface area contributed by atoms with Crippen molar-refractivity contribution in [1.82, 2.24) is 9.29 Å². The Balaban J connectivity index is 1.63. The number of benzene rings is 1. The minimum Gasteiger partial charge on any atom is -0.487 e. The molecular weight excluding hydrogens is 312 g/mol. The average molecular weight is 332 g/mol. The molecule has 0 saturated carbocycles. The molecule has 0 radical (unpaired) electrons.